The van der Waals surface area contributed by atoms with Crippen molar-refractivity contribution in [1.82, 2.24) is 9.78 Å². The van der Waals surface area contributed by atoms with Crippen LogP contribution in [0.1, 0.15) is 54.4 Å². The van der Waals surface area contributed by atoms with E-state index in [0.29, 0.717) is 19.3 Å². The minimum Gasteiger partial charge on any atom is -0.476 e. The van der Waals surface area contributed by atoms with Crippen LogP contribution >= 0.6 is 0 Å². The normalized spacial score (nSPS) is 16.9. The van der Waals surface area contributed by atoms with E-state index >= 15 is 0 Å². The van der Waals surface area contributed by atoms with Crippen molar-refractivity contribution in [3.63, 3.8) is 0 Å². The smallest absolute Gasteiger partial charge is 0.357 e. The van der Waals surface area contributed by atoms with E-state index in [4.69, 9.17) is 4.74 Å². The third-order valence-electron chi connectivity index (χ3n) is 4.68. The summed E-state index contributed by atoms with van der Waals surface area (Å²) < 4.78 is 7.57. The number of ether oxygens (including phenoxy) is 1. The molecular formula is C19H32N2O3Si. The van der Waals surface area contributed by atoms with Crippen LogP contribution in [0.3, 0.4) is 0 Å². The number of carbonyl (C=O) groups is 1. The number of carboxylic acids is 1. The van der Waals surface area contributed by atoms with Gasteiger partial charge in [0.1, 0.15) is 6.73 Å². The molecule has 1 aromatic rings. The molecule has 0 fully saturated rings. The first-order valence-electron chi connectivity index (χ1n) is 9.40. The van der Waals surface area contributed by atoms with Gasteiger partial charge in [0.2, 0.25) is 0 Å². The lowest BCUT2D eigenvalue weighted by molar-refractivity contribution is 0.0668. The van der Waals surface area contributed by atoms with Crippen LogP contribution in [-0.2, 0) is 17.9 Å². The summed E-state index contributed by atoms with van der Waals surface area (Å²) in [6, 6.07) is 1.10. The molecule has 1 unspecified atom stereocenters. The number of hydrogen-bond donors (Lipinski definition) is 1. The minimum absolute atomic E-state index is 0.145. The van der Waals surface area contributed by atoms with E-state index in [1.807, 2.05) is 6.08 Å². The number of carboxylic acid groups (broad SMARTS) is 1. The summed E-state index contributed by atoms with van der Waals surface area (Å²) in [5.41, 5.74) is 1.91. The van der Waals surface area contributed by atoms with Gasteiger partial charge in [0, 0.05) is 25.9 Å². The zero-order chi connectivity index (χ0) is 18.4. The first kappa shape index (κ1) is 19.9. The van der Waals surface area contributed by atoms with E-state index in [9.17, 15) is 9.90 Å². The third-order valence-corrected chi connectivity index (χ3v) is 6.38. The van der Waals surface area contributed by atoms with E-state index in [1.54, 1.807) is 4.68 Å². The molecule has 0 amide bonds. The first-order chi connectivity index (χ1) is 11.8. The molecule has 1 N–H and O–H groups in total. The number of allylic oxidation sites excluding steroid dienone is 1. The number of hydrogen-bond acceptors (Lipinski definition) is 3. The van der Waals surface area contributed by atoms with E-state index in [0.717, 1.165) is 30.1 Å². The Hall–Kier alpha value is -1.40. The Morgan fingerprint density at radius 3 is 2.80 bits per heavy atom. The fourth-order valence-corrected chi connectivity index (χ4v) is 3.86. The van der Waals surface area contributed by atoms with Gasteiger partial charge in [0.25, 0.3) is 0 Å². The predicted octanol–water partition coefficient (Wildman–Crippen LogP) is 4.66. The molecule has 0 saturated carbocycles. The van der Waals surface area contributed by atoms with Crippen molar-refractivity contribution in [2.75, 3.05) is 6.61 Å². The highest BCUT2D eigenvalue weighted by molar-refractivity contribution is 6.76. The van der Waals surface area contributed by atoms with Crippen molar-refractivity contribution < 1.29 is 14.6 Å². The van der Waals surface area contributed by atoms with Crippen LogP contribution in [0.5, 0.6) is 0 Å². The lowest BCUT2D eigenvalue weighted by Gasteiger charge is -2.19. The highest BCUT2D eigenvalue weighted by Crippen LogP contribution is 2.29. The Labute approximate surface area is 152 Å². The molecule has 1 heterocycles. The summed E-state index contributed by atoms with van der Waals surface area (Å²) >= 11 is 0. The maximum atomic E-state index is 11.5. The first-order valence-corrected chi connectivity index (χ1v) is 13.1. The second-order valence-electron chi connectivity index (χ2n) is 8.18. The SMILES string of the molecule is CCCCCC1C=Cc2c(C(=O)O)nn(COCC[Si](C)(C)C)c2C1. The summed E-state index contributed by atoms with van der Waals surface area (Å²) in [5, 5.41) is 13.7. The monoisotopic (exact) mass is 364 g/mol. The summed E-state index contributed by atoms with van der Waals surface area (Å²) in [7, 11) is -1.13. The van der Waals surface area contributed by atoms with Crippen LogP contribution in [0, 0.1) is 5.92 Å². The van der Waals surface area contributed by atoms with Crippen LogP contribution in [-0.4, -0.2) is 35.5 Å². The van der Waals surface area contributed by atoms with Gasteiger partial charge in [-0.25, -0.2) is 9.48 Å². The average molecular weight is 365 g/mol. The summed E-state index contributed by atoms with van der Waals surface area (Å²) in [6.45, 7) is 10.2. The Bertz CT molecular complexity index is 617. The summed E-state index contributed by atoms with van der Waals surface area (Å²) in [4.78, 5) is 11.5. The molecule has 0 spiro atoms. The maximum absolute atomic E-state index is 11.5. The van der Waals surface area contributed by atoms with Crippen LogP contribution < -0.4 is 0 Å². The largest absolute Gasteiger partial charge is 0.476 e. The predicted molar refractivity (Wildman–Crippen MR) is 104 cm³/mol. The summed E-state index contributed by atoms with van der Waals surface area (Å²) in [6.07, 6.45) is 9.78. The molecule has 1 aromatic heterocycles. The number of aromatic nitrogens is 2. The fraction of sp³-hybridized carbons (Fsp3) is 0.684. The number of nitrogens with zero attached hydrogens (tertiary/aromatic N) is 2. The van der Waals surface area contributed by atoms with Crippen molar-refractivity contribution in [3.05, 3.63) is 23.0 Å². The average Bonchev–Trinajstić information content (AvgIpc) is 2.89. The molecule has 1 aliphatic carbocycles. The number of aromatic carboxylic acids is 1. The molecule has 2 rings (SSSR count). The van der Waals surface area contributed by atoms with Crippen molar-refractivity contribution in [2.24, 2.45) is 5.92 Å². The van der Waals surface area contributed by atoms with Crippen molar-refractivity contribution >= 4 is 20.1 Å². The minimum atomic E-state index is -1.13. The van der Waals surface area contributed by atoms with Gasteiger partial charge in [-0.2, -0.15) is 5.10 Å². The zero-order valence-corrected chi connectivity index (χ0v) is 17.0. The maximum Gasteiger partial charge on any atom is 0.357 e. The van der Waals surface area contributed by atoms with Crippen LogP contribution in [0.4, 0.5) is 0 Å². The van der Waals surface area contributed by atoms with Crippen LogP contribution in [0.25, 0.3) is 6.08 Å². The Morgan fingerprint density at radius 1 is 1.40 bits per heavy atom. The molecule has 0 saturated heterocycles. The molecule has 25 heavy (non-hydrogen) atoms. The Balaban J connectivity index is 2.06. The Kier molecular flexibility index (Phi) is 7.01. The van der Waals surface area contributed by atoms with Gasteiger partial charge in [0.05, 0.1) is 0 Å². The third kappa shape index (κ3) is 5.82. The molecule has 0 aliphatic heterocycles. The van der Waals surface area contributed by atoms with Crippen molar-refractivity contribution in [1.29, 1.82) is 0 Å². The van der Waals surface area contributed by atoms with Crippen molar-refractivity contribution in [2.45, 2.75) is 71.4 Å². The van der Waals surface area contributed by atoms with E-state index < -0.39 is 14.0 Å². The lowest BCUT2D eigenvalue weighted by atomic mass is 9.89. The summed E-state index contributed by atoms with van der Waals surface area (Å²) in [5.74, 6) is -0.496. The van der Waals surface area contributed by atoms with E-state index in [2.05, 4.69) is 37.7 Å². The highest BCUT2D eigenvalue weighted by Gasteiger charge is 2.25. The second kappa shape index (κ2) is 8.81. The standard InChI is InChI=1S/C19H32N2O3Si/c1-5-6-7-8-15-9-10-16-17(13-15)21(20-18(16)19(22)23)14-24-11-12-25(2,3)4/h9-10,15H,5-8,11-14H2,1-4H3,(H,22,23). The van der Waals surface area contributed by atoms with Crippen LogP contribution in [0.2, 0.25) is 25.7 Å². The van der Waals surface area contributed by atoms with Gasteiger partial charge in [-0.05, 0) is 24.8 Å². The molecule has 0 radical (unpaired) electrons. The molecule has 1 aliphatic rings. The van der Waals surface area contributed by atoms with Gasteiger partial charge < -0.3 is 9.84 Å². The Morgan fingerprint density at radius 2 is 2.16 bits per heavy atom. The topological polar surface area (TPSA) is 64.3 Å². The molecule has 140 valence electrons. The molecule has 1 atom stereocenters. The van der Waals surface area contributed by atoms with Gasteiger partial charge in [0.15, 0.2) is 5.69 Å². The number of fused-ring (bicyclic) bond motifs is 1. The number of unbranched alkanes of at least 4 members (excludes halogenated alkanes) is 2. The lowest BCUT2D eigenvalue weighted by Crippen LogP contribution is -2.22. The van der Waals surface area contributed by atoms with Gasteiger partial charge in [-0.1, -0.05) is 58.0 Å². The highest BCUT2D eigenvalue weighted by atomic mass is 28.3. The molecule has 5 nitrogen and oxygen atoms in total. The van der Waals surface area contributed by atoms with E-state index in [1.165, 1.54) is 19.3 Å². The fourth-order valence-electron chi connectivity index (χ4n) is 3.10. The van der Waals surface area contributed by atoms with Crippen molar-refractivity contribution in [3.8, 4) is 0 Å². The molecular weight excluding hydrogens is 332 g/mol. The van der Waals surface area contributed by atoms with Gasteiger partial charge >= 0.3 is 5.97 Å². The van der Waals surface area contributed by atoms with Gasteiger partial charge in [-0.15, -0.1) is 0 Å². The zero-order valence-electron chi connectivity index (χ0n) is 16.0. The molecule has 0 bridgehead atoms. The van der Waals surface area contributed by atoms with Crippen LogP contribution in [0.15, 0.2) is 6.08 Å². The van der Waals surface area contributed by atoms with E-state index in [-0.39, 0.29) is 5.69 Å². The molecule has 6 heteroatoms. The van der Waals surface area contributed by atoms with Gasteiger partial charge in [-0.3, -0.25) is 0 Å². The molecule has 0 aromatic carbocycles. The second-order valence-corrected chi connectivity index (χ2v) is 13.8. The number of rotatable bonds is 10. The quantitative estimate of drug-likeness (QED) is 0.484.